The number of unbranched alkanes of at least 4 members (excludes halogenated alkanes) is 1. The lowest BCUT2D eigenvalue weighted by molar-refractivity contribution is 0.266. The van der Waals surface area contributed by atoms with Crippen molar-refractivity contribution in [2.24, 2.45) is 5.73 Å². The van der Waals surface area contributed by atoms with Crippen LogP contribution >= 0.6 is 0 Å². The third-order valence-corrected chi connectivity index (χ3v) is 4.79. The fourth-order valence-corrected chi connectivity index (χ4v) is 3.16. The Morgan fingerprint density at radius 2 is 1.47 bits per heavy atom. The van der Waals surface area contributed by atoms with E-state index in [9.17, 15) is 0 Å². The van der Waals surface area contributed by atoms with Crippen LogP contribution in [0, 0.1) is 5.41 Å². The molecular formula is C25H24N2O3. The summed E-state index contributed by atoms with van der Waals surface area (Å²) in [5.74, 6) is 2.54. The van der Waals surface area contributed by atoms with E-state index in [0.717, 1.165) is 46.6 Å². The second kappa shape index (κ2) is 9.18. The molecule has 0 aliphatic heterocycles. The molecule has 1 heterocycles. The fraction of sp³-hybridized carbons (Fsp3) is 0.160. The lowest BCUT2D eigenvalue weighted by atomic mass is 10.1. The van der Waals surface area contributed by atoms with Gasteiger partial charge in [0.25, 0.3) is 0 Å². The summed E-state index contributed by atoms with van der Waals surface area (Å²) < 4.78 is 17.4. The van der Waals surface area contributed by atoms with Crippen molar-refractivity contribution in [2.75, 3.05) is 13.2 Å². The summed E-state index contributed by atoms with van der Waals surface area (Å²) in [4.78, 5) is 0. The van der Waals surface area contributed by atoms with E-state index in [1.807, 2.05) is 72.8 Å². The number of hydrogen-bond donors (Lipinski definition) is 2. The van der Waals surface area contributed by atoms with E-state index in [1.54, 1.807) is 6.07 Å². The van der Waals surface area contributed by atoms with Gasteiger partial charge in [-0.1, -0.05) is 30.3 Å². The van der Waals surface area contributed by atoms with Crippen LogP contribution in [0.1, 0.15) is 18.4 Å². The zero-order valence-corrected chi connectivity index (χ0v) is 16.6. The average molecular weight is 400 g/mol. The maximum absolute atomic E-state index is 7.55. The van der Waals surface area contributed by atoms with Crippen LogP contribution in [-0.2, 0) is 0 Å². The molecule has 0 saturated heterocycles. The van der Waals surface area contributed by atoms with E-state index >= 15 is 0 Å². The molecule has 0 aliphatic rings. The van der Waals surface area contributed by atoms with Crippen LogP contribution in [-0.4, -0.2) is 19.0 Å². The largest absolute Gasteiger partial charge is 0.494 e. The number of furan rings is 1. The molecule has 4 rings (SSSR count). The third-order valence-electron chi connectivity index (χ3n) is 4.79. The van der Waals surface area contributed by atoms with Crippen molar-refractivity contribution in [1.82, 2.24) is 0 Å². The van der Waals surface area contributed by atoms with Gasteiger partial charge in [-0.3, -0.25) is 5.41 Å². The maximum atomic E-state index is 7.55. The minimum absolute atomic E-state index is 0.0305. The molecule has 0 fully saturated rings. The number of benzene rings is 3. The van der Waals surface area contributed by atoms with Crippen molar-refractivity contribution >= 4 is 16.8 Å². The van der Waals surface area contributed by atoms with Gasteiger partial charge in [0.05, 0.1) is 13.2 Å². The number of ether oxygens (including phenoxy) is 2. The van der Waals surface area contributed by atoms with Crippen LogP contribution < -0.4 is 15.2 Å². The number of nitrogens with two attached hydrogens (primary N) is 1. The van der Waals surface area contributed by atoms with Crippen molar-refractivity contribution in [1.29, 1.82) is 5.41 Å². The molecule has 0 spiro atoms. The fourth-order valence-electron chi connectivity index (χ4n) is 3.16. The van der Waals surface area contributed by atoms with Gasteiger partial charge in [0.2, 0.25) is 0 Å². The first-order valence-corrected chi connectivity index (χ1v) is 9.98. The highest BCUT2D eigenvalue weighted by Gasteiger charge is 2.08. The van der Waals surface area contributed by atoms with Crippen molar-refractivity contribution in [3.63, 3.8) is 0 Å². The Morgan fingerprint density at radius 3 is 2.13 bits per heavy atom. The van der Waals surface area contributed by atoms with Gasteiger partial charge >= 0.3 is 0 Å². The molecule has 3 aromatic carbocycles. The number of fused-ring (bicyclic) bond motifs is 1. The van der Waals surface area contributed by atoms with Crippen LogP contribution in [0.5, 0.6) is 11.5 Å². The van der Waals surface area contributed by atoms with Crippen LogP contribution in [0.15, 0.2) is 83.3 Å². The first-order chi connectivity index (χ1) is 14.7. The predicted molar refractivity (Wildman–Crippen MR) is 119 cm³/mol. The van der Waals surface area contributed by atoms with Gasteiger partial charge in [-0.2, -0.15) is 0 Å². The van der Waals surface area contributed by atoms with Gasteiger partial charge < -0.3 is 19.6 Å². The summed E-state index contributed by atoms with van der Waals surface area (Å²) in [7, 11) is 0. The maximum Gasteiger partial charge on any atom is 0.135 e. The molecule has 0 unspecified atom stereocenters. The lowest BCUT2D eigenvalue weighted by Crippen LogP contribution is -2.10. The van der Waals surface area contributed by atoms with Crippen molar-refractivity contribution < 1.29 is 13.9 Å². The van der Waals surface area contributed by atoms with Crippen LogP contribution in [0.2, 0.25) is 0 Å². The zero-order chi connectivity index (χ0) is 20.8. The molecule has 5 heteroatoms. The van der Waals surface area contributed by atoms with E-state index in [-0.39, 0.29) is 5.84 Å². The molecule has 4 aromatic rings. The summed E-state index contributed by atoms with van der Waals surface area (Å²) in [5.41, 5.74) is 7.90. The highest BCUT2D eigenvalue weighted by molar-refractivity contribution is 5.98. The van der Waals surface area contributed by atoms with E-state index < -0.39 is 0 Å². The predicted octanol–water partition coefficient (Wildman–Crippen LogP) is 5.62. The number of hydrogen-bond acceptors (Lipinski definition) is 4. The van der Waals surface area contributed by atoms with Crippen LogP contribution in [0.4, 0.5) is 0 Å². The minimum Gasteiger partial charge on any atom is -0.494 e. The van der Waals surface area contributed by atoms with Gasteiger partial charge in [0.15, 0.2) is 0 Å². The van der Waals surface area contributed by atoms with E-state index in [2.05, 4.69) is 0 Å². The summed E-state index contributed by atoms with van der Waals surface area (Å²) in [5, 5.41) is 8.53. The number of nitrogen functional groups attached to an aromatic ring is 1. The number of rotatable bonds is 9. The molecule has 0 aliphatic carbocycles. The first kappa shape index (κ1) is 19.6. The molecule has 3 N–H and O–H groups in total. The Balaban J connectivity index is 1.27. The quantitative estimate of drug-likeness (QED) is 0.217. The second-order valence-electron chi connectivity index (χ2n) is 7.02. The highest BCUT2D eigenvalue weighted by Crippen LogP contribution is 2.29. The smallest absolute Gasteiger partial charge is 0.135 e. The minimum atomic E-state index is 0.0305. The Hall–Kier alpha value is -3.73. The lowest BCUT2D eigenvalue weighted by Gasteiger charge is -2.08. The molecule has 0 saturated carbocycles. The van der Waals surface area contributed by atoms with Gasteiger partial charge in [-0.05, 0) is 61.4 Å². The van der Waals surface area contributed by atoms with Crippen molar-refractivity contribution in [2.45, 2.75) is 12.8 Å². The molecule has 1 aromatic heterocycles. The molecule has 0 radical (unpaired) electrons. The molecule has 0 bridgehead atoms. The molecule has 152 valence electrons. The molecular weight excluding hydrogens is 376 g/mol. The van der Waals surface area contributed by atoms with Crippen LogP contribution in [0.3, 0.4) is 0 Å². The Kier molecular flexibility index (Phi) is 5.99. The van der Waals surface area contributed by atoms with Crippen molar-refractivity contribution in [3.8, 4) is 22.8 Å². The SMILES string of the molecule is N=C(N)c1ccc2cc(-c3ccc(OCCCCOc4ccccc4)cc3)oc2c1. The van der Waals surface area contributed by atoms with Gasteiger partial charge in [-0.15, -0.1) is 0 Å². The highest BCUT2D eigenvalue weighted by atomic mass is 16.5. The number of nitrogens with one attached hydrogen (secondary N) is 1. The standard InChI is InChI=1S/C25H24N2O3/c26-25(27)20-9-8-19-16-23(30-24(19)17-20)18-10-12-22(13-11-18)29-15-5-4-14-28-21-6-2-1-3-7-21/h1-3,6-13,16-17H,4-5,14-15H2,(H3,26,27). The van der Waals surface area contributed by atoms with Crippen LogP contribution in [0.25, 0.3) is 22.3 Å². The number of para-hydroxylation sites is 1. The first-order valence-electron chi connectivity index (χ1n) is 9.98. The molecule has 0 atom stereocenters. The second-order valence-corrected chi connectivity index (χ2v) is 7.02. The van der Waals surface area contributed by atoms with Gasteiger partial charge in [0.1, 0.15) is 28.7 Å². The van der Waals surface area contributed by atoms with E-state index in [0.29, 0.717) is 18.8 Å². The summed E-state index contributed by atoms with van der Waals surface area (Å²) in [6.45, 7) is 1.33. The van der Waals surface area contributed by atoms with Gasteiger partial charge in [-0.25, -0.2) is 0 Å². The summed E-state index contributed by atoms with van der Waals surface area (Å²) in [6, 6.07) is 25.2. The normalized spacial score (nSPS) is 10.8. The monoisotopic (exact) mass is 400 g/mol. The summed E-state index contributed by atoms with van der Waals surface area (Å²) in [6.07, 6.45) is 1.87. The van der Waals surface area contributed by atoms with E-state index in [1.165, 1.54) is 0 Å². The topological polar surface area (TPSA) is 81.5 Å². The van der Waals surface area contributed by atoms with Gasteiger partial charge in [0, 0.05) is 16.5 Å². The Morgan fingerprint density at radius 1 is 0.800 bits per heavy atom. The molecule has 5 nitrogen and oxygen atoms in total. The van der Waals surface area contributed by atoms with E-state index in [4.69, 9.17) is 25.0 Å². The average Bonchev–Trinajstić information content (AvgIpc) is 3.20. The number of amidine groups is 1. The third kappa shape index (κ3) is 4.81. The zero-order valence-electron chi connectivity index (χ0n) is 16.6. The molecule has 30 heavy (non-hydrogen) atoms. The summed E-state index contributed by atoms with van der Waals surface area (Å²) >= 11 is 0. The Labute approximate surface area is 175 Å². The van der Waals surface area contributed by atoms with Crippen molar-refractivity contribution in [3.05, 3.63) is 84.4 Å². The molecule has 0 amide bonds. The Bertz CT molecular complexity index is 1120.